The number of rotatable bonds is 9. The predicted octanol–water partition coefficient (Wildman–Crippen LogP) is 1.33. The number of amides is 2. The Labute approximate surface area is 152 Å². The van der Waals surface area contributed by atoms with Crippen LogP contribution in [0.25, 0.3) is 0 Å². The van der Waals surface area contributed by atoms with E-state index < -0.39 is 35.7 Å². The number of carbonyl (C=O) groups is 3. The monoisotopic (exact) mass is 362 g/mol. The summed E-state index contributed by atoms with van der Waals surface area (Å²) < 4.78 is 18.6. The largest absolute Gasteiger partial charge is 0.467 e. The highest BCUT2D eigenvalue weighted by Crippen LogP contribution is 2.10. The first-order valence-corrected chi connectivity index (χ1v) is 8.21. The number of ether oxygens (including phenoxy) is 1. The van der Waals surface area contributed by atoms with Gasteiger partial charge in [0.15, 0.2) is 0 Å². The van der Waals surface area contributed by atoms with Gasteiger partial charge in [-0.2, -0.15) is 0 Å². The maximum Gasteiger partial charge on any atom is 0.328 e. The van der Waals surface area contributed by atoms with E-state index in [4.69, 9.17) is 6.42 Å². The zero-order valence-electron chi connectivity index (χ0n) is 14.9. The molecular weight excluding hydrogens is 339 g/mol. The van der Waals surface area contributed by atoms with Crippen LogP contribution in [0, 0.1) is 18.2 Å². The molecule has 2 amide bonds. The number of benzene rings is 1. The first kappa shape index (κ1) is 21.2. The second-order valence-electron chi connectivity index (χ2n) is 5.73. The van der Waals surface area contributed by atoms with Crippen LogP contribution < -0.4 is 10.6 Å². The zero-order chi connectivity index (χ0) is 19.5. The smallest absolute Gasteiger partial charge is 0.328 e. The van der Waals surface area contributed by atoms with Crippen LogP contribution in [-0.4, -0.2) is 37.0 Å². The van der Waals surface area contributed by atoms with Crippen molar-refractivity contribution in [2.45, 2.75) is 44.7 Å². The van der Waals surface area contributed by atoms with E-state index in [0.717, 1.165) is 0 Å². The van der Waals surface area contributed by atoms with Gasteiger partial charge in [0.25, 0.3) is 0 Å². The fourth-order valence-corrected chi connectivity index (χ4v) is 2.41. The maximum absolute atomic E-state index is 13.9. The van der Waals surface area contributed by atoms with Crippen molar-refractivity contribution in [1.29, 1.82) is 0 Å². The molecule has 0 heterocycles. The number of hydrogen-bond acceptors (Lipinski definition) is 4. The van der Waals surface area contributed by atoms with Crippen molar-refractivity contribution in [3.05, 3.63) is 35.6 Å². The summed E-state index contributed by atoms with van der Waals surface area (Å²) in [6, 6.07) is 4.06. The van der Waals surface area contributed by atoms with Crippen LogP contribution in [0.2, 0.25) is 0 Å². The molecule has 1 rings (SSSR count). The van der Waals surface area contributed by atoms with E-state index >= 15 is 0 Å². The lowest BCUT2D eigenvalue weighted by atomic mass is 10.0. The fraction of sp³-hybridized carbons (Fsp3) is 0.421. The molecule has 7 heteroatoms. The summed E-state index contributed by atoms with van der Waals surface area (Å²) in [7, 11) is 1.22. The first-order valence-electron chi connectivity index (χ1n) is 8.21. The highest BCUT2D eigenvalue weighted by Gasteiger charge is 2.27. The molecule has 0 fully saturated rings. The molecule has 26 heavy (non-hydrogen) atoms. The normalized spacial score (nSPS) is 12.4. The summed E-state index contributed by atoms with van der Waals surface area (Å²) in [6.45, 7) is 1.26. The van der Waals surface area contributed by atoms with E-state index in [2.05, 4.69) is 21.3 Å². The molecule has 0 aliphatic rings. The number of halogens is 1. The summed E-state index contributed by atoms with van der Waals surface area (Å²) in [5.74, 6) is 0.333. The van der Waals surface area contributed by atoms with Crippen molar-refractivity contribution in [1.82, 2.24) is 10.6 Å². The first-order chi connectivity index (χ1) is 12.4. The van der Waals surface area contributed by atoms with Crippen LogP contribution in [0.4, 0.5) is 4.39 Å². The molecule has 0 radical (unpaired) electrons. The van der Waals surface area contributed by atoms with Gasteiger partial charge in [0.1, 0.15) is 17.9 Å². The third-order valence-electron chi connectivity index (χ3n) is 3.69. The Kier molecular flexibility index (Phi) is 8.85. The van der Waals surface area contributed by atoms with Crippen LogP contribution in [0.5, 0.6) is 0 Å². The fourth-order valence-electron chi connectivity index (χ4n) is 2.41. The van der Waals surface area contributed by atoms with Crippen LogP contribution in [0.3, 0.4) is 0 Å². The average Bonchev–Trinajstić information content (AvgIpc) is 2.61. The molecular formula is C19H23FN2O4. The van der Waals surface area contributed by atoms with Crippen molar-refractivity contribution in [3.63, 3.8) is 0 Å². The molecule has 0 aromatic heterocycles. The SMILES string of the molecule is C#CCCC[C@H](NC(=O)[C@@H](Cc1ccccc1F)NC(C)=O)C(=O)OC. The Bertz CT molecular complexity index is 684. The van der Waals surface area contributed by atoms with Gasteiger partial charge in [-0.1, -0.05) is 18.2 Å². The molecule has 0 saturated heterocycles. The number of unbranched alkanes of at least 4 members (excludes halogenated alkanes) is 1. The van der Waals surface area contributed by atoms with E-state index in [1.807, 2.05) is 0 Å². The van der Waals surface area contributed by atoms with Gasteiger partial charge in [0, 0.05) is 19.8 Å². The highest BCUT2D eigenvalue weighted by molar-refractivity contribution is 5.90. The summed E-state index contributed by atoms with van der Waals surface area (Å²) in [6.07, 6.45) is 6.42. The molecule has 0 bridgehead atoms. The Morgan fingerprint density at radius 1 is 1.23 bits per heavy atom. The van der Waals surface area contributed by atoms with Gasteiger partial charge in [-0.3, -0.25) is 9.59 Å². The quantitative estimate of drug-likeness (QED) is 0.394. The number of terminal acetylenes is 1. The van der Waals surface area contributed by atoms with Crippen molar-refractivity contribution < 1.29 is 23.5 Å². The zero-order valence-corrected chi connectivity index (χ0v) is 14.9. The molecule has 1 aromatic carbocycles. The molecule has 140 valence electrons. The lowest BCUT2D eigenvalue weighted by Gasteiger charge is -2.22. The number of methoxy groups -OCH3 is 1. The predicted molar refractivity (Wildman–Crippen MR) is 94.3 cm³/mol. The molecule has 2 N–H and O–H groups in total. The van der Waals surface area contributed by atoms with Crippen molar-refractivity contribution in [2.24, 2.45) is 0 Å². The molecule has 2 atom stereocenters. The standard InChI is InChI=1S/C19H23FN2O4/c1-4-5-6-11-16(19(25)26-3)22-18(24)17(21-13(2)23)12-14-9-7-8-10-15(14)20/h1,7-10,16-17H,5-6,11-12H2,2-3H3,(H,21,23)(H,22,24)/t16-,17+/m0/s1. The summed E-state index contributed by atoms with van der Waals surface area (Å²) in [5.41, 5.74) is 0.281. The third kappa shape index (κ3) is 6.93. The summed E-state index contributed by atoms with van der Waals surface area (Å²) >= 11 is 0. The second-order valence-corrected chi connectivity index (χ2v) is 5.73. The molecule has 1 aromatic rings. The van der Waals surface area contributed by atoms with Gasteiger partial charge in [0.2, 0.25) is 11.8 Å². The van der Waals surface area contributed by atoms with Crippen LogP contribution in [-0.2, 0) is 25.5 Å². The minimum atomic E-state index is -1.02. The van der Waals surface area contributed by atoms with Crippen molar-refractivity contribution in [2.75, 3.05) is 7.11 Å². The van der Waals surface area contributed by atoms with Crippen molar-refractivity contribution >= 4 is 17.8 Å². The van der Waals surface area contributed by atoms with Crippen LogP contribution >= 0.6 is 0 Å². The minimum Gasteiger partial charge on any atom is -0.467 e. The Hall–Kier alpha value is -2.88. The Morgan fingerprint density at radius 3 is 2.50 bits per heavy atom. The summed E-state index contributed by atoms with van der Waals surface area (Å²) in [4.78, 5) is 35.8. The van der Waals surface area contributed by atoms with Gasteiger partial charge < -0.3 is 15.4 Å². The van der Waals surface area contributed by atoms with E-state index in [0.29, 0.717) is 19.3 Å². The van der Waals surface area contributed by atoms with Crippen LogP contribution in [0.15, 0.2) is 24.3 Å². The lowest BCUT2D eigenvalue weighted by Crippen LogP contribution is -2.52. The number of hydrogen-bond donors (Lipinski definition) is 2. The van der Waals surface area contributed by atoms with Gasteiger partial charge in [0.05, 0.1) is 7.11 Å². The summed E-state index contributed by atoms with van der Waals surface area (Å²) in [5, 5.41) is 5.04. The number of esters is 1. The Balaban J connectivity index is 2.88. The topological polar surface area (TPSA) is 84.5 Å². The van der Waals surface area contributed by atoms with Gasteiger partial charge in [-0.25, -0.2) is 9.18 Å². The van der Waals surface area contributed by atoms with Crippen LogP contribution in [0.1, 0.15) is 31.7 Å². The minimum absolute atomic E-state index is 0.0453. The molecule has 0 aliphatic carbocycles. The van der Waals surface area contributed by atoms with E-state index in [-0.39, 0.29) is 12.0 Å². The molecule has 6 nitrogen and oxygen atoms in total. The molecule has 0 unspecified atom stereocenters. The van der Waals surface area contributed by atoms with Gasteiger partial charge in [-0.05, 0) is 24.5 Å². The maximum atomic E-state index is 13.9. The van der Waals surface area contributed by atoms with Gasteiger partial charge in [-0.15, -0.1) is 12.3 Å². The molecule has 0 aliphatic heterocycles. The van der Waals surface area contributed by atoms with E-state index in [9.17, 15) is 18.8 Å². The number of carbonyl (C=O) groups excluding carboxylic acids is 3. The average molecular weight is 362 g/mol. The van der Waals surface area contributed by atoms with Crippen molar-refractivity contribution in [3.8, 4) is 12.3 Å². The number of nitrogens with one attached hydrogen (secondary N) is 2. The van der Waals surface area contributed by atoms with Gasteiger partial charge >= 0.3 is 5.97 Å². The van der Waals surface area contributed by atoms with E-state index in [1.165, 1.54) is 32.2 Å². The third-order valence-corrected chi connectivity index (χ3v) is 3.69. The second kappa shape index (κ2) is 10.9. The molecule has 0 saturated carbocycles. The van der Waals surface area contributed by atoms with E-state index in [1.54, 1.807) is 6.07 Å². The lowest BCUT2D eigenvalue weighted by molar-refractivity contribution is -0.145. The molecule has 0 spiro atoms. The highest BCUT2D eigenvalue weighted by atomic mass is 19.1. The Morgan fingerprint density at radius 2 is 1.92 bits per heavy atom.